The molecule has 0 bridgehead atoms. The lowest BCUT2D eigenvalue weighted by molar-refractivity contribution is -0.141. The van der Waals surface area contributed by atoms with Crippen LogP contribution in [0.3, 0.4) is 0 Å². The molecule has 8 heteroatoms. The third-order valence-electron chi connectivity index (χ3n) is 4.29. The van der Waals surface area contributed by atoms with Gasteiger partial charge in [-0.05, 0) is 18.2 Å². The van der Waals surface area contributed by atoms with Gasteiger partial charge in [0.25, 0.3) is 5.91 Å². The second kappa shape index (κ2) is 6.88. The number of carbonyl (C=O) groups excluding carboxylic acids is 2. The second-order valence-corrected chi connectivity index (χ2v) is 5.92. The van der Waals surface area contributed by atoms with Crippen molar-refractivity contribution in [3.8, 4) is 0 Å². The summed E-state index contributed by atoms with van der Waals surface area (Å²) in [6.45, 7) is 2.68. The number of nitrogens with one attached hydrogen (secondary N) is 2. The number of anilines is 1. The Morgan fingerprint density at radius 2 is 2.04 bits per heavy atom. The Morgan fingerprint density at radius 1 is 1.21 bits per heavy atom. The predicted molar refractivity (Wildman–Crippen MR) is 87.1 cm³/mol. The molecule has 2 aliphatic rings. The van der Waals surface area contributed by atoms with Gasteiger partial charge in [0.2, 0.25) is 0 Å². The van der Waals surface area contributed by atoms with Crippen molar-refractivity contribution in [3.05, 3.63) is 29.8 Å². The van der Waals surface area contributed by atoms with E-state index in [1.165, 1.54) is 0 Å². The summed E-state index contributed by atoms with van der Waals surface area (Å²) in [6, 6.07) is 6.71. The van der Waals surface area contributed by atoms with Crippen LogP contribution in [-0.2, 0) is 4.79 Å². The van der Waals surface area contributed by atoms with E-state index in [-0.39, 0.29) is 18.5 Å². The Hall–Kier alpha value is -2.61. The van der Waals surface area contributed by atoms with Crippen molar-refractivity contribution < 1.29 is 19.5 Å². The van der Waals surface area contributed by atoms with Crippen LogP contribution in [0.25, 0.3) is 0 Å². The maximum absolute atomic E-state index is 12.8. The Bertz CT molecular complexity index is 663. The number of hydrogen-bond acceptors (Lipinski definition) is 4. The van der Waals surface area contributed by atoms with E-state index in [1.807, 2.05) is 0 Å². The molecule has 2 aliphatic heterocycles. The zero-order valence-electron chi connectivity index (χ0n) is 13.2. The van der Waals surface area contributed by atoms with Crippen LogP contribution in [0.5, 0.6) is 0 Å². The normalized spacial score (nSPS) is 21.3. The number of urea groups is 1. The van der Waals surface area contributed by atoms with Gasteiger partial charge in [0.1, 0.15) is 0 Å². The molecule has 1 aromatic rings. The number of amides is 3. The van der Waals surface area contributed by atoms with Gasteiger partial charge in [-0.1, -0.05) is 6.07 Å². The summed E-state index contributed by atoms with van der Waals surface area (Å²) >= 11 is 0. The zero-order valence-corrected chi connectivity index (χ0v) is 13.2. The van der Waals surface area contributed by atoms with Gasteiger partial charge in [-0.15, -0.1) is 0 Å². The van der Waals surface area contributed by atoms with Crippen LogP contribution >= 0.6 is 0 Å². The van der Waals surface area contributed by atoms with E-state index in [9.17, 15) is 19.5 Å². The van der Waals surface area contributed by atoms with Crippen LogP contribution in [-0.4, -0.2) is 67.2 Å². The maximum atomic E-state index is 12.8. The second-order valence-electron chi connectivity index (χ2n) is 5.92. The molecule has 24 heavy (non-hydrogen) atoms. The van der Waals surface area contributed by atoms with Crippen molar-refractivity contribution in [2.24, 2.45) is 5.92 Å². The molecule has 0 saturated carbocycles. The Balaban J connectivity index is 1.79. The molecular weight excluding hydrogens is 312 g/mol. The predicted octanol–water partition coefficient (Wildman–Crippen LogP) is -0.0376. The standard InChI is InChI=1S/C16H20N4O4/c21-14(19-6-4-17-9-12(10-19)15(22)23)11-2-1-3-13(8-11)20-7-5-18-16(20)24/h1-3,8,12,17H,4-7,9-10H2,(H,18,24)(H,22,23). The van der Waals surface area contributed by atoms with Crippen molar-refractivity contribution in [3.63, 3.8) is 0 Å². The molecule has 0 aromatic heterocycles. The van der Waals surface area contributed by atoms with Crippen LogP contribution in [0.1, 0.15) is 10.4 Å². The topological polar surface area (TPSA) is 102 Å². The van der Waals surface area contributed by atoms with E-state index in [0.29, 0.717) is 44.0 Å². The van der Waals surface area contributed by atoms with Crippen molar-refractivity contribution >= 4 is 23.6 Å². The average molecular weight is 332 g/mol. The van der Waals surface area contributed by atoms with Crippen LogP contribution < -0.4 is 15.5 Å². The van der Waals surface area contributed by atoms with Gasteiger partial charge in [0, 0.05) is 50.5 Å². The van der Waals surface area contributed by atoms with E-state index in [2.05, 4.69) is 10.6 Å². The van der Waals surface area contributed by atoms with Gasteiger partial charge in [-0.25, -0.2) is 4.79 Å². The van der Waals surface area contributed by atoms with Gasteiger partial charge < -0.3 is 20.6 Å². The minimum Gasteiger partial charge on any atom is -0.481 e. The highest BCUT2D eigenvalue weighted by molar-refractivity contribution is 5.98. The molecule has 1 atom stereocenters. The van der Waals surface area contributed by atoms with Crippen molar-refractivity contribution in [2.45, 2.75) is 0 Å². The molecule has 3 N–H and O–H groups in total. The summed E-state index contributed by atoms with van der Waals surface area (Å²) < 4.78 is 0. The highest BCUT2D eigenvalue weighted by Gasteiger charge is 2.28. The fourth-order valence-corrected chi connectivity index (χ4v) is 2.97. The summed E-state index contributed by atoms with van der Waals surface area (Å²) in [5.41, 5.74) is 1.12. The minimum absolute atomic E-state index is 0.176. The lowest BCUT2D eigenvalue weighted by Gasteiger charge is -2.23. The molecule has 1 unspecified atom stereocenters. The minimum atomic E-state index is -0.912. The van der Waals surface area contributed by atoms with E-state index >= 15 is 0 Å². The molecule has 2 heterocycles. The maximum Gasteiger partial charge on any atom is 0.321 e. The molecule has 0 radical (unpaired) electrons. The molecule has 128 valence electrons. The van der Waals surface area contributed by atoms with E-state index in [1.54, 1.807) is 34.1 Å². The first-order valence-electron chi connectivity index (χ1n) is 7.94. The van der Waals surface area contributed by atoms with Gasteiger partial charge in [0.05, 0.1) is 5.92 Å². The molecular formula is C16H20N4O4. The first kappa shape index (κ1) is 16.3. The monoisotopic (exact) mass is 332 g/mol. The SMILES string of the molecule is O=C(O)C1CNCCN(C(=O)c2cccc(N3CCNC3=O)c2)C1. The average Bonchev–Trinajstić information content (AvgIpc) is 2.85. The van der Waals surface area contributed by atoms with Gasteiger partial charge in [0.15, 0.2) is 0 Å². The van der Waals surface area contributed by atoms with Crippen LogP contribution in [0.15, 0.2) is 24.3 Å². The number of carboxylic acids is 1. The van der Waals surface area contributed by atoms with Crippen molar-refractivity contribution in [1.82, 2.24) is 15.5 Å². The number of carbonyl (C=O) groups is 3. The fourth-order valence-electron chi connectivity index (χ4n) is 2.97. The summed E-state index contributed by atoms with van der Waals surface area (Å²) in [5.74, 6) is -1.75. The quantitative estimate of drug-likeness (QED) is 0.721. The van der Waals surface area contributed by atoms with E-state index in [0.717, 1.165) is 0 Å². The van der Waals surface area contributed by atoms with Gasteiger partial charge in [-0.2, -0.15) is 0 Å². The third kappa shape index (κ3) is 3.33. The van der Waals surface area contributed by atoms with Crippen molar-refractivity contribution in [1.29, 1.82) is 0 Å². The van der Waals surface area contributed by atoms with Crippen molar-refractivity contribution in [2.75, 3.05) is 44.2 Å². The smallest absolute Gasteiger partial charge is 0.321 e. The number of hydrogen-bond donors (Lipinski definition) is 3. The van der Waals surface area contributed by atoms with E-state index < -0.39 is 11.9 Å². The molecule has 2 saturated heterocycles. The first-order chi connectivity index (χ1) is 11.6. The number of benzene rings is 1. The molecule has 0 spiro atoms. The molecule has 1 aromatic carbocycles. The number of rotatable bonds is 3. The summed E-state index contributed by atoms with van der Waals surface area (Å²) in [5, 5.41) is 15.0. The highest BCUT2D eigenvalue weighted by atomic mass is 16.4. The zero-order chi connectivity index (χ0) is 17.1. The molecule has 3 rings (SSSR count). The Labute approximate surface area is 139 Å². The first-order valence-corrected chi connectivity index (χ1v) is 7.94. The Kier molecular flexibility index (Phi) is 4.66. The van der Waals surface area contributed by atoms with Gasteiger partial charge in [-0.3, -0.25) is 14.5 Å². The Morgan fingerprint density at radius 3 is 2.75 bits per heavy atom. The van der Waals surface area contributed by atoms with E-state index in [4.69, 9.17) is 0 Å². The van der Waals surface area contributed by atoms with Crippen LogP contribution in [0.4, 0.5) is 10.5 Å². The summed E-state index contributed by atoms with van der Waals surface area (Å²) in [4.78, 5) is 38.9. The largest absolute Gasteiger partial charge is 0.481 e. The highest BCUT2D eigenvalue weighted by Crippen LogP contribution is 2.20. The summed E-state index contributed by atoms with van der Waals surface area (Å²) in [7, 11) is 0. The lowest BCUT2D eigenvalue weighted by Crippen LogP contribution is -2.38. The number of aliphatic carboxylic acids is 1. The molecule has 3 amide bonds. The lowest BCUT2D eigenvalue weighted by atomic mass is 10.1. The summed E-state index contributed by atoms with van der Waals surface area (Å²) in [6.07, 6.45) is 0. The molecule has 0 aliphatic carbocycles. The third-order valence-corrected chi connectivity index (χ3v) is 4.29. The molecule has 8 nitrogen and oxygen atoms in total. The van der Waals surface area contributed by atoms with Crippen LogP contribution in [0.2, 0.25) is 0 Å². The van der Waals surface area contributed by atoms with Crippen LogP contribution in [0, 0.1) is 5.92 Å². The number of carboxylic acid groups (broad SMARTS) is 1. The fraction of sp³-hybridized carbons (Fsp3) is 0.438. The molecule has 2 fully saturated rings. The number of nitrogens with zero attached hydrogens (tertiary/aromatic N) is 2. The van der Waals surface area contributed by atoms with Gasteiger partial charge >= 0.3 is 12.0 Å².